The molecule has 2 aromatic heterocycles. The summed E-state index contributed by atoms with van der Waals surface area (Å²) >= 11 is 1.56. The number of likely N-dealkylation sites (tertiary alicyclic amines) is 1. The van der Waals surface area contributed by atoms with E-state index in [-0.39, 0.29) is 6.03 Å². The Morgan fingerprint density at radius 3 is 2.85 bits per heavy atom. The van der Waals surface area contributed by atoms with E-state index in [0.29, 0.717) is 5.92 Å². The van der Waals surface area contributed by atoms with Gasteiger partial charge >= 0.3 is 6.03 Å². The van der Waals surface area contributed by atoms with Crippen LogP contribution in [0.2, 0.25) is 0 Å². The Balaban J connectivity index is 1.38. The maximum Gasteiger partial charge on any atom is 0.321 e. The molecule has 1 aliphatic heterocycles. The van der Waals surface area contributed by atoms with Crippen molar-refractivity contribution in [1.29, 1.82) is 0 Å². The standard InChI is InChI=1S/C20H21N5OS/c1-14-10-21-12-22-19(14)15-5-7-25(8-6-15)20(26)24-17-4-2-3-16(9-17)18-11-27-13-23-18/h2-4,9-13,15H,5-8H2,1H3,(H,24,26). The van der Waals surface area contributed by atoms with Crippen LogP contribution in [0, 0.1) is 6.92 Å². The minimum absolute atomic E-state index is 0.0525. The van der Waals surface area contributed by atoms with Gasteiger partial charge in [0.25, 0.3) is 0 Å². The molecule has 0 saturated carbocycles. The largest absolute Gasteiger partial charge is 0.324 e. The second-order valence-electron chi connectivity index (χ2n) is 6.74. The maximum atomic E-state index is 12.7. The molecule has 138 valence electrons. The predicted molar refractivity (Wildman–Crippen MR) is 107 cm³/mol. The van der Waals surface area contributed by atoms with Gasteiger partial charge in [-0.05, 0) is 37.5 Å². The van der Waals surface area contributed by atoms with Crippen LogP contribution in [0.5, 0.6) is 0 Å². The Morgan fingerprint density at radius 2 is 2.11 bits per heavy atom. The van der Waals surface area contributed by atoms with E-state index < -0.39 is 0 Å². The lowest BCUT2D eigenvalue weighted by Gasteiger charge is -2.32. The lowest BCUT2D eigenvalue weighted by atomic mass is 9.91. The molecular formula is C20H21N5OS. The molecule has 0 spiro atoms. The average Bonchev–Trinajstić information content (AvgIpc) is 3.24. The van der Waals surface area contributed by atoms with Crippen molar-refractivity contribution in [1.82, 2.24) is 19.9 Å². The van der Waals surface area contributed by atoms with Gasteiger partial charge in [-0.1, -0.05) is 12.1 Å². The number of thiazole rings is 1. The van der Waals surface area contributed by atoms with Gasteiger partial charge in [0.1, 0.15) is 6.33 Å². The number of rotatable bonds is 3. The third-order valence-electron chi connectivity index (χ3n) is 4.95. The van der Waals surface area contributed by atoms with Crippen LogP contribution in [0.25, 0.3) is 11.3 Å². The molecular weight excluding hydrogens is 358 g/mol. The van der Waals surface area contributed by atoms with Gasteiger partial charge in [-0.25, -0.2) is 19.7 Å². The van der Waals surface area contributed by atoms with Crippen molar-refractivity contribution in [2.75, 3.05) is 18.4 Å². The topological polar surface area (TPSA) is 71.0 Å². The van der Waals surface area contributed by atoms with Gasteiger partial charge in [-0.2, -0.15) is 0 Å². The second kappa shape index (κ2) is 7.84. The zero-order chi connectivity index (χ0) is 18.6. The third kappa shape index (κ3) is 3.98. The van der Waals surface area contributed by atoms with Crippen molar-refractivity contribution in [2.24, 2.45) is 0 Å². The zero-order valence-electron chi connectivity index (χ0n) is 15.1. The van der Waals surface area contributed by atoms with Gasteiger partial charge in [-0.15, -0.1) is 11.3 Å². The number of piperidine rings is 1. The molecule has 0 unspecified atom stereocenters. The highest BCUT2D eigenvalue weighted by atomic mass is 32.1. The molecule has 1 aliphatic rings. The van der Waals surface area contributed by atoms with Crippen LogP contribution >= 0.6 is 11.3 Å². The summed E-state index contributed by atoms with van der Waals surface area (Å²) in [5, 5.41) is 5.02. The third-order valence-corrected chi connectivity index (χ3v) is 5.53. The van der Waals surface area contributed by atoms with E-state index in [1.54, 1.807) is 17.7 Å². The van der Waals surface area contributed by atoms with Crippen LogP contribution in [-0.4, -0.2) is 39.0 Å². The molecule has 7 heteroatoms. The number of nitrogens with zero attached hydrogens (tertiary/aromatic N) is 4. The van der Waals surface area contributed by atoms with E-state index >= 15 is 0 Å². The van der Waals surface area contributed by atoms with Crippen molar-refractivity contribution in [2.45, 2.75) is 25.7 Å². The van der Waals surface area contributed by atoms with E-state index in [2.05, 4.69) is 20.3 Å². The molecule has 1 aromatic carbocycles. The highest BCUT2D eigenvalue weighted by Crippen LogP contribution is 2.29. The Morgan fingerprint density at radius 1 is 1.26 bits per heavy atom. The number of anilines is 1. The molecule has 2 amide bonds. The summed E-state index contributed by atoms with van der Waals surface area (Å²) in [4.78, 5) is 27.4. The summed E-state index contributed by atoms with van der Waals surface area (Å²) in [5.74, 6) is 0.394. The number of hydrogen-bond donors (Lipinski definition) is 1. The first-order valence-electron chi connectivity index (χ1n) is 9.02. The Hall–Kier alpha value is -2.80. The molecule has 1 N–H and O–H groups in total. The number of aryl methyl sites for hydroxylation is 1. The molecule has 3 heterocycles. The van der Waals surface area contributed by atoms with Crippen molar-refractivity contribution in [3.05, 3.63) is 58.9 Å². The highest BCUT2D eigenvalue weighted by Gasteiger charge is 2.25. The summed E-state index contributed by atoms with van der Waals surface area (Å²) in [6, 6.07) is 7.76. The SMILES string of the molecule is Cc1cncnc1C1CCN(C(=O)Nc2cccc(-c3cscn3)c2)CC1. The lowest BCUT2D eigenvalue weighted by Crippen LogP contribution is -2.40. The van der Waals surface area contributed by atoms with Crippen molar-refractivity contribution in [3.63, 3.8) is 0 Å². The summed E-state index contributed by atoms with van der Waals surface area (Å²) in [5.41, 5.74) is 6.77. The fourth-order valence-corrected chi connectivity index (χ4v) is 4.07. The van der Waals surface area contributed by atoms with E-state index in [4.69, 9.17) is 0 Å². The minimum atomic E-state index is -0.0525. The molecule has 4 rings (SSSR count). The Labute approximate surface area is 162 Å². The smallest absolute Gasteiger partial charge is 0.321 e. The fourth-order valence-electron chi connectivity index (χ4n) is 3.51. The molecule has 6 nitrogen and oxygen atoms in total. The Kier molecular flexibility index (Phi) is 5.11. The van der Waals surface area contributed by atoms with Gasteiger partial charge in [-0.3, -0.25) is 0 Å². The molecule has 0 radical (unpaired) electrons. The molecule has 1 fully saturated rings. The monoisotopic (exact) mass is 379 g/mol. The molecule has 0 aliphatic carbocycles. The van der Waals surface area contributed by atoms with Gasteiger partial charge in [0.05, 0.1) is 11.2 Å². The summed E-state index contributed by atoms with van der Waals surface area (Å²) < 4.78 is 0. The molecule has 1 saturated heterocycles. The first-order chi connectivity index (χ1) is 13.2. The van der Waals surface area contributed by atoms with Gasteiger partial charge < -0.3 is 10.2 Å². The molecule has 0 bridgehead atoms. The van der Waals surface area contributed by atoms with E-state index in [1.165, 1.54) is 0 Å². The van der Waals surface area contributed by atoms with Crippen molar-refractivity contribution >= 4 is 23.1 Å². The van der Waals surface area contributed by atoms with Crippen LogP contribution < -0.4 is 5.32 Å². The fraction of sp³-hybridized carbons (Fsp3) is 0.300. The molecule has 0 atom stereocenters. The van der Waals surface area contributed by atoms with Gasteiger partial charge in [0.15, 0.2) is 0 Å². The van der Waals surface area contributed by atoms with Crippen LogP contribution in [0.15, 0.2) is 47.7 Å². The quantitative estimate of drug-likeness (QED) is 0.736. The number of urea groups is 1. The predicted octanol–water partition coefficient (Wildman–Crippen LogP) is 4.32. The van der Waals surface area contributed by atoms with E-state index in [1.807, 2.05) is 53.2 Å². The number of aromatic nitrogens is 3. The van der Waals surface area contributed by atoms with Crippen molar-refractivity contribution < 1.29 is 4.79 Å². The number of carbonyl (C=O) groups is 1. The second-order valence-corrected chi connectivity index (χ2v) is 7.46. The normalized spacial score (nSPS) is 14.9. The minimum Gasteiger partial charge on any atom is -0.324 e. The number of benzene rings is 1. The van der Waals surface area contributed by atoms with E-state index in [9.17, 15) is 4.79 Å². The molecule has 3 aromatic rings. The van der Waals surface area contributed by atoms with Crippen LogP contribution in [0.4, 0.5) is 10.5 Å². The van der Waals surface area contributed by atoms with Crippen LogP contribution in [-0.2, 0) is 0 Å². The Bertz CT molecular complexity index is 920. The summed E-state index contributed by atoms with van der Waals surface area (Å²) in [6.07, 6.45) is 5.31. The summed E-state index contributed by atoms with van der Waals surface area (Å²) in [7, 11) is 0. The highest BCUT2D eigenvalue weighted by molar-refractivity contribution is 7.07. The van der Waals surface area contributed by atoms with Gasteiger partial charge in [0.2, 0.25) is 0 Å². The first-order valence-corrected chi connectivity index (χ1v) is 9.96. The maximum absolute atomic E-state index is 12.7. The number of nitrogens with one attached hydrogen (secondary N) is 1. The summed E-state index contributed by atoms with van der Waals surface area (Å²) in [6.45, 7) is 3.50. The zero-order valence-corrected chi connectivity index (χ0v) is 15.9. The van der Waals surface area contributed by atoms with Crippen LogP contribution in [0.3, 0.4) is 0 Å². The lowest BCUT2D eigenvalue weighted by molar-refractivity contribution is 0.194. The average molecular weight is 379 g/mol. The van der Waals surface area contributed by atoms with Gasteiger partial charge in [0, 0.05) is 47.5 Å². The molecule has 27 heavy (non-hydrogen) atoms. The number of amides is 2. The number of carbonyl (C=O) groups excluding carboxylic acids is 1. The van der Waals surface area contributed by atoms with E-state index in [0.717, 1.165) is 54.1 Å². The first kappa shape index (κ1) is 17.6. The van der Waals surface area contributed by atoms with Crippen LogP contribution in [0.1, 0.15) is 30.0 Å². The number of hydrogen-bond acceptors (Lipinski definition) is 5. The van der Waals surface area contributed by atoms with Crippen molar-refractivity contribution in [3.8, 4) is 11.3 Å².